The van der Waals surface area contributed by atoms with Crippen LogP contribution in [-0.4, -0.2) is 32.3 Å². The van der Waals surface area contributed by atoms with E-state index in [4.69, 9.17) is 17.0 Å². The number of hydrogen-bond donors (Lipinski definition) is 2. The molecule has 3 aromatic rings. The van der Waals surface area contributed by atoms with Gasteiger partial charge in [-0.25, -0.2) is 5.10 Å². The molecule has 0 saturated carbocycles. The Hall–Kier alpha value is -1.97. The van der Waals surface area contributed by atoms with Crippen molar-refractivity contribution >= 4 is 50.3 Å². The van der Waals surface area contributed by atoms with Crippen LogP contribution in [0.1, 0.15) is 19.4 Å². The van der Waals surface area contributed by atoms with Gasteiger partial charge in [0.25, 0.3) is 0 Å². The van der Waals surface area contributed by atoms with Crippen molar-refractivity contribution in [3.8, 4) is 22.9 Å². The number of rotatable bonds is 5. The maximum atomic E-state index is 10.2. The molecule has 0 fully saturated rings. The fraction of sp³-hybridized carbons (Fsp3) is 0.167. The van der Waals surface area contributed by atoms with Crippen molar-refractivity contribution in [1.29, 1.82) is 0 Å². The second-order valence-electron chi connectivity index (χ2n) is 5.93. The van der Waals surface area contributed by atoms with E-state index in [0.717, 1.165) is 15.8 Å². The zero-order chi connectivity index (χ0) is 19.6. The van der Waals surface area contributed by atoms with Crippen molar-refractivity contribution in [3.05, 3.63) is 55.7 Å². The number of nitrogens with zero attached hydrogens (tertiary/aromatic N) is 3. The summed E-state index contributed by atoms with van der Waals surface area (Å²) in [5, 5.41) is 21.6. The van der Waals surface area contributed by atoms with Crippen molar-refractivity contribution < 1.29 is 9.84 Å². The number of hydrogen-bond acceptors (Lipinski definition) is 5. The highest BCUT2D eigenvalue weighted by Gasteiger charge is 2.11. The van der Waals surface area contributed by atoms with E-state index in [1.165, 1.54) is 10.9 Å². The van der Waals surface area contributed by atoms with E-state index < -0.39 is 0 Å². The molecule has 0 aliphatic rings. The average molecular weight is 512 g/mol. The number of phenols is 1. The minimum Gasteiger partial charge on any atom is -0.506 e. The molecule has 3 rings (SSSR count). The van der Waals surface area contributed by atoms with Crippen LogP contribution in [-0.2, 0) is 0 Å². The second kappa shape index (κ2) is 8.37. The molecule has 0 spiro atoms. The molecule has 0 aliphatic carbocycles. The fourth-order valence-electron chi connectivity index (χ4n) is 2.37. The van der Waals surface area contributed by atoms with Crippen molar-refractivity contribution in [1.82, 2.24) is 14.9 Å². The van der Waals surface area contributed by atoms with Crippen molar-refractivity contribution in [3.63, 3.8) is 0 Å². The van der Waals surface area contributed by atoms with Gasteiger partial charge in [-0.15, -0.1) is 0 Å². The number of aromatic hydroxyl groups is 1. The normalized spacial score (nSPS) is 11.4. The highest BCUT2D eigenvalue weighted by atomic mass is 79.9. The molecule has 2 aromatic carbocycles. The fourth-order valence-corrected chi connectivity index (χ4v) is 3.81. The second-order valence-corrected chi connectivity index (χ2v) is 8.09. The monoisotopic (exact) mass is 510 g/mol. The molecule has 0 atom stereocenters. The van der Waals surface area contributed by atoms with Crippen LogP contribution in [0.2, 0.25) is 0 Å². The number of phenolic OH excluding ortho intramolecular Hbond substituents is 1. The molecule has 0 bridgehead atoms. The summed E-state index contributed by atoms with van der Waals surface area (Å²) in [7, 11) is 0. The van der Waals surface area contributed by atoms with E-state index >= 15 is 0 Å². The maximum absolute atomic E-state index is 10.2. The van der Waals surface area contributed by atoms with Crippen LogP contribution in [0.5, 0.6) is 11.5 Å². The third-order valence-electron chi connectivity index (χ3n) is 3.48. The van der Waals surface area contributed by atoms with Crippen LogP contribution in [0, 0.1) is 4.77 Å². The minimum atomic E-state index is 0.0667. The highest BCUT2D eigenvalue weighted by molar-refractivity contribution is 9.11. The predicted octanol–water partition coefficient (Wildman–Crippen LogP) is 5.51. The average Bonchev–Trinajstić information content (AvgIpc) is 2.97. The molecule has 0 unspecified atom stereocenters. The van der Waals surface area contributed by atoms with Gasteiger partial charge in [0.15, 0.2) is 5.82 Å². The van der Waals surface area contributed by atoms with Crippen LogP contribution in [0.3, 0.4) is 0 Å². The van der Waals surface area contributed by atoms with Crippen LogP contribution in [0.4, 0.5) is 0 Å². The lowest BCUT2D eigenvalue weighted by Crippen LogP contribution is -2.05. The van der Waals surface area contributed by atoms with Crippen LogP contribution >= 0.6 is 44.1 Å². The number of benzene rings is 2. The van der Waals surface area contributed by atoms with Gasteiger partial charge >= 0.3 is 0 Å². The molecule has 27 heavy (non-hydrogen) atoms. The summed E-state index contributed by atoms with van der Waals surface area (Å²) in [6.45, 7) is 3.94. The molecule has 0 radical (unpaired) electrons. The van der Waals surface area contributed by atoms with Gasteiger partial charge in [0, 0.05) is 15.6 Å². The Bertz CT molecular complexity index is 1060. The SMILES string of the molecule is CC(C)Oc1cccc(-c2n[nH]c(=S)n2N=Cc2cc(Br)cc(Br)c2O)c1. The van der Waals surface area contributed by atoms with E-state index in [0.29, 0.717) is 20.6 Å². The van der Waals surface area contributed by atoms with E-state index in [-0.39, 0.29) is 11.9 Å². The molecule has 9 heteroatoms. The molecule has 1 heterocycles. The first-order valence-corrected chi connectivity index (χ1v) is 10.0. The molecular formula is C18H16Br2N4O2S. The molecule has 140 valence electrons. The lowest BCUT2D eigenvalue weighted by Gasteiger charge is -2.10. The zero-order valence-electron chi connectivity index (χ0n) is 14.5. The van der Waals surface area contributed by atoms with Crippen molar-refractivity contribution in [2.75, 3.05) is 0 Å². The van der Waals surface area contributed by atoms with E-state index in [1.807, 2.05) is 38.1 Å². The highest BCUT2D eigenvalue weighted by Crippen LogP contribution is 2.31. The topological polar surface area (TPSA) is 75.4 Å². The van der Waals surface area contributed by atoms with E-state index in [2.05, 4.69) is 47.2 Å². The number of H-pyrrole nitrogens is 1. The standard InChI is InChI=1S/C18H16Br2N4O2S/c1-10(2)26-14-5-3-4-11(7-14)17-22-23-18(27)24(17)21-9-12-6-13(19)8-15(20)16(12)25/h3-10,25H,1-2H3,(H,23,27). The summed E-state index contributed by atoms with van der Waals surface area (Å²) in [5.41, 5.74) is 1.33. The molecule has 2 N–H and O–H groups in total. The van der Waals surface area contributed by atoms with Gasteiger partial charge in [-0.2, -0.15) is 14.9 Å². The molecule has 6 nitrogen and oxygen atoms in total. The van der Waals surface area contributed by atoms with E-state index in [9.17, 15) is 5.11 Å². The van der Waals surface area contributed by atoms with Gasteiger partial charge in [-0.05, 0) is 66.3 Å². The van der Waals surface area contributed by atoms with Crippen molar-refractivity contribution in [2.24, 2.45) is 5.10 Å². The number of ether oxygens (including phenoxy) is 1. The Labute approximate surface area is 178 Å². The predicted molar refractivity (Wildman–Crippen MR) is 115 cm³/mol. The Kier molecular flexibility index (Phi) is 6.13. The summed E-state index contributed by atoms with van der Waals surface area (Å²) in [6.07, 6.45) is 1.59. The largest absolute Gasteiger partial charge is 0.506 e. The summed E-state index contributed by atoms with van der Waals surface area (Å²) in [4.78, 5) is 0. The quantitative estimate of drug-likeness (QED) is 0.350. The first-order valence-electron chi connectivity index (χ1n) is 8.02. The Morgan fingerprint density at radius 2 is 2.07 bits per heavy atom. The van der Waals surface area contributed by atoms with Gasteiger partial charge in [0.1, 0.15) is 11.5 Å². The Morgan fingerprint density at radius 1 is 1.30 bits per heavy atom. The molecule has 0 amide bonds. The lowest BCUT2D eigenvalue weighted by atomic mass is 10.2. The Balaban J connectivity index is 2.00. The van der Waals surface area contributed by atoms with Gasteiger partial charge < -0.3 is 9.84 Å². The first kappa shape index (κ1) is 19.8. The van der Waals surface area contributed by atoms with Gasteiger partial charge in [-0.3, -0.25) is 0 Å². The molecule has 0 saturated heterocycles. The summed E-state index contributed by atoms with van der Waals surface area (Å²) in [6, 6.07) is 11.1. The first-order chi connectivity index (χ1) is 12.8. The third-order valence-corrected chi connectivity index (χ3v) is 4.81. The number of aromatic amines is 1. The number of nitrogens with one attached hydrogen (secondary N) is 1. The van der Waals surface area contributed by atoms with Gasteiger partial charge in [0.05, 0.1) is 16.8 Å². The lowest BCUT2D eigenvalue weighted by molar-refractivity contribution is 0.242. The van der Waals surface area contributed by atoms with Crippen LogP contribution in [0.15, 0.2) is 50.4 Å². The zero-order valence-corrected chi connectivity index (χ0v) is 18.5. The number of halogens is 2. The molecule has 0 aliphatic heterocycles. The van der Waals surface area contributed by atoms with Gasteiger partial charge in [-0.1, -0.05) is 28.1 Å². The maximum Gasteiger partial charge on any atom is 0.216 e. The van der Waals surface area contributed by atoms with Crippen molar-refractivity contribution in [2.45, 2.75) is 20.0 Å². The Morgan fingerprint density at radius 3 is 2.81 bits per heavy atom. The van der Waals surface area contributed by atoms with Crippen LogP contribution < -0.4 is 4.74 Å². The third kappa shape index (κ3) is 4.66. The smallest absolute Gasteiger partial charge is 0.216 e. The minimum absolute atomic E-state index is 0.0667. The molecular weight excluding hydrogens is 496 g/mol. The van der Waals surface area contributed by atoms with Gasteiger partial charge in [0.2, 0.25) is 4.77 Å². The van der Waals surface area contributed by atoms with E-state index in [1.54, 1.807) is 12.1 Å². The summed E-state index contributed by atoms with van der Waals surface area (Å²) in [5.74, 6) is 1.37. The number of aromatic nitrogens is 3. The summed E-state index contributed by atoms with van der Waals surface area (Å²) >= 11 is 12.0. The summed E-state index contributed by atoms with van der Waals surface area (Å²) < 4.78 is 8.95. The molecule has 1 aromatic heterocycles. The van der Waals surface area contributed by atoms with Crippen LogP contribution in [0.25, 0.3) is 11.4 Å².